The zero-order chi connectivity index (χ0) is 17.3. The highest BCUT2D eigenvalue weighted by atomic mass is 35.5. The summed E-state index contributed by atoms with van der Waals surface area (Å²) in [6.07, 6.45) is 0. The fourth-order valence-electron chi connectivity index (χ4n) is 2.88. The first-order chi connectivity index (χ1) is 11.5. The van der Waals surface area contributed by atoms with Gasteiger partial charge in [0.15, 0.2) is 0 Å². The molecule has 24 heavy (non-hydrogen) atoms. The predicted molar refractivity (Wildman–Crippen MR) is 91.5 cm³/mol. The van der Waals surface area contributed by atoms with E-state index < -0.39 is 11.8 Å². The van der Waals surface area contributed by atoms with Gasteiger partial charge in [0.1, 0.15) is 17.5 Å². The van der Waals surface area contributed by atoms with E-state index in [1.54, 1.807) is 18.2 Å². The Morgan fingerprint density at radius 1 is 1.21 bits per heavy atom. The van der Waals surface area contributed by atoms with E-state index in [4.69, 9.17) is 16.3 Å². The van der Waals surface area contributed by atoms with Crippen molar-refractivity contribution in [3.05, 3.63) is 63.6 Å². The van der Waals surface area contributed by atoms with Gasteiger partial charge in [0.25, 0.3) is 5.91 Å². The van der Waals surface area contributed by atoms with Gasteiger partial charge in [-0.2, -0.15) is 0 Å². The Hall–Kier alpha value is -2.46. The lowest BCUT2D eigenvalue weighted by Gasteiger charge is -2.19. The number of carbonyl (C=O) groups excluding carboxylic acids is 2. The molecule has 1 amide bonds. The molecule has 0 saturated carbocycles. The van der Waals surface area contributed by atoms with Gasteiger partial charge >= 0.3 is 0 Å². The number of benzene rings is 2. The average molecular weight is 342 g/mol. The fraction of sp³-hybridized carbons (Fsp3) is 0.211. The van der Waals surface area contributed by atoms with Gasteiger partial charge in [-0.3, -0.25) is 9.59 Å². The van der Waals surface area contributed by atoms with E-state index in [2.05, 4.69) is 4.99 Å². The lowest BCUT2D eigenvalue weighted by Crippen LogP contribution is -2.40. The Balaban J connectivity index is 2.29. The van der Waals surface area contributed by atoms with Crippen LogP contribution in [0.15, 0.2) is 47.5 Å². The molecule has 0 aromatic heterocycles. The Morgan fingerprint density at radius 3 is 2.54 bits per heavy atom. The van der Waals surface area contributed by atoms with Crippen LogP contribution >= 0.6 is 11.6 Å². The first-order valence-corrected chi connectivity index (χ1v) is 8.05. The van der Waals surface area contributed by atoms with Gasteiger partial charge in [-0.1, -0.05) is 23.7 Å². The first-order valence-electron chi connectivity index (χ1n) is 7.67. The number of amides is 1. The highest BCUT2D eigenvalue weighted by Gasteiger charge is 2.31. The van der Waals surface area contributed by atoms with Crippen molar-refractivity contribution in [1.82, 2.24) is 0 Å². The molecule has 1 aliphatic heterocycles. The van der Waals surface area contributed by atoms with Crippen LogP contribution in [0.25, 0.3) is 5.57 Å². The van der Waals surface area contributed by atoms with E-state index in [0.717, 1.165) is 11.3 Å². The van der Waals surface area contributed by atoms with Gasteiger partial charge in [-0.15, -0.1) is 0 Å². The Bertz CT molecular complexity index is 932. The lowest BCUT2D eigenvalue weighted by molar-refractivity contribution is -0.128. The Morgan fingerprint density at radius 2 is 1.92 bits per heavy atom. The summed E-state index contributed by atoms with van der Waals surface area (Å²) in [7, 11) is 0. The first kappa shape index (κ1) is 16.4. The van der Waals surface area contributed by atoms with Gasteiger partial charge in [0.2, 0.25) is 0 Å². The van der Waals surface area contributed by atoms with E-state index in [1.165, 1.54) is 6.92 Å². The molecule has 2 aromatic carbocycles. The third kappa shape index (κ3) is 2.97. The summed E-state index contributed by atoms with van der Waals surface area (Å²) < 4.78 is 5.45. The van der Waals surface area contributed by atoms with Crippen LogP contribution in [-0.4, -0.2) is 18.3 Å². The summed E-state index contributed by atoms with van der Waals surface area (Å²) in [4.78, 5) is 28.5. The molecule has 0 spiro atoms. The SMILES string of the molecule is CCOc1ccc(C2=c3cc(Cl)ccc3=NC(=O)[C@H]2C(C)=O)cc1. The zero-order valence-corrected chi connectivity index (χ0v) is 14.1. The minimum absolute atomic E-state index is 0.238. The van der Waals surface area contributed by atoms with Gasteiger partial charge < -0.3 is 4.74 Å². The van der Waals surface area contributed by atoms with Crippen LogP contribution in [0.1, 0.15) is 19.4 Å². The molecule has 5 heteroatoms. The molecule has 122 valence electrons. The number of hydrogen-bond donors (Lipinski definition) is 0. The van der Waals surface area contributed by atoms with Gasteiger partial charge in [-0.05, 0) is 55.3 Å². The van der Waals surface area contributed by atoms with Crippen LogP contribution in [0.4, 0.5) is 0 Å². The Kier molecular flexibility index (Phi) is 4.49. The molecule has 0 saturated heterocycles. The third-order valence-corrected chi connectivity index (χ3v) is 4.13. The van der Waals surface area contributed by atoms with Gasteiger partial charge in [0.05, 0.1) is 12.0 Å². The van der Waals surface area contributed by atoms with Crippen molar-refractivity contribution in [2.45, 2.75) is 13.8 Å². The number of fused-ring (bicyclic) bond motifs is 1. The topological polar surface area (TPSA) is 55.7 Å². The molecule has 0 aliphatic carbocycles. The van der Waals surface area contributed by atoms with E-state index in [0.29, 0.717) is 27.8 Å². The van der Waals surface area contributed by atoms with E-state index in [-0.39, 0.29) is 5.78 Å². The highest BCUT2D eigenvalue weighted by Crippen LogP contribution is 2.26. The van der Waals surface area contributed by atoms with Crippen molar-refractivity contribution in [3.63, 3.8) is 0 Å². The van der Waals surface area contributed by atoms with Crippen molar-refractivity contribution in [2.24, 2.45) is 10.9 Å². The fourth-order valence-corrected chi connectivity index (χ4v) is 3.05. The van der Waals surface area contributed by atoms with E-state index >= 15 is 0 Å². The number of ketones is 1. The number of halogens is 1. The maximum Gasteiger partial charge on any atom is 0.261 e. The minimum Gasteiger partial charge on any atom is -0.494 e. The van der Waals surface area contributed by atoms with Crippen LogP contribution in [0.5, 0.6) is 5.75 Å². The monoisotopic (exact) mass is 341 g/mol. The summed E-state index contributed by atoms with van der Waals surface area (Å²) in [6, 6.07) is 12.5. The smallest absolute Gasteiger partial charge is 0.261 e. The predicted octanol–water partition coefficient (Wildman–Crippen LogP) is 2.30. The largest absolute Gasteiger partial charge is 0.494 e. The number of nitrogens with zero attached hydrogens (tertiary/aromatic N) is 1. The molecule has 0 radical (unpaired) electrons. The highest BCUT2D eigenvalue weighted by molar-refractivity contribution is 6.30. The summed E-state index contributed by atoms with van der Waals surface area (Å²) in [5.74, 6) is -0.854. The minimum atomic E-state index is -0.908. The van der Waals surface area contributed by atoms with Crippen molar-refractivity contribution in [1.29, 1.82) is 0 Å². The van der Waals surface area contributed by atoms with Gasteiger partial charge in [-0.25, -0.2) is 4.99 Å². The summed E-state index contributed by atoms with van der Waals surface area (Å²) in [5.41, 5.74) is 1.42. The van der Waals surface area contributed by atoms with Crippen LogP contribution in [0.3, 0.4) is 0 Å². The van der Waals surface area contributed by atoms with Crippen LogP contribution < -0.4 is 15.3 Å². The number of hydrogen-bond acceptors (Lipinski definition) is 3. The molecular weight excluding hydrogens is 326 g/mol. The molecule has 0 unspecified atom stereocenters. The molecule has 1 heterocycles. The molecule has 1 aliphatic rings. The molecular formula is C19H16ClNO3. The van der Waals surface area contributed by atoms with Crippen LogP contribution in [-0.2, 0) is 9.59 Å². The van der Waals surface area contributed by atoms with Gasteiger partial charge in [0, 0.05) is 10.2 Å². The summed E-state index contributed by atoms with van der Waals surface area (Å²) in [5, 5.41) is 1.78. The molecule has 3 rings (SSSR count). The second-order valence-corrected chi connectivity index (χ2v) is 5.96. The van der Waals surface area contributed by atoms with Crippen LogP contribution in [0.2, 0.25) is 5.02 Å². The second-order valence-electron chi connectivity index (χ2n) is 5.53. The van der Waals surface area contributed by atoms with E-state index in [9.17, 15) is 9.59 Å². The molecule has 0 bridgehead atoms. The number of Topliss-reactive ketones (excluding diaryl/α,β-unsaturated/α-hetero) is 1. The van der Waals surface area contributed by atoms with Crippen molar-refractivity contribution < 1.29 is 14.3 Å². The zero-order valence-electron chi connectivity index (χ0n) is 13.4. The Labute approximate surface area is 144 Å². The molecule has 0 N–H and O–H groups in total. The van der Waals surface area contributed by atoms with Crippen molar-refractivity contribution >= 4 is 28.9 Å². The third-order valence-electron chi connectivity index (χ3n) is 3.90. The number of rotatable bonds is 4. The lowest BCUT2D eigenvalue weighted by atomic mass is 9.85. The van der Waals surface area contributed by atoms with E-state index in [1.807, 2.05) is 31.2 Å². The summed E-state index contributed by atoms with van der Waals surface area (Å²) in [6.45, 7) is 3.89. The normalized spacial score (nSPS) is 16.4. The quantitative estimate of drug-likeness (QED) is 0.802. The maximum absolute atomic E-state index is 12.4. The van der Waals surface area contributed by atoms with Crippen molar-refractivity contribution in [2.75, 3.05) is 6.61 Å². The maximum atomic E-state index is 12.4. The van der Waals surface area contributed by atoms with Crippen molar-refractivity contribution in [3.8, 4) is 5.75 Å². The average Bonchev–Trinajstić information content (AvgIpc) is 2.55. The molecule has 0 fully saturated rings. The number of ether oxygens (including phenoxy) is 1. The number of carbonyl (C=O) groups is 2. The molecule has 2 aromatic rings. The summed E-state index contributed by atoms with van der Waals surface area (Å²) >= 11 is 6.11. The molecule has 4 nitrogen and oxygen atoms in total. The second kappa shape index (κ2) is 6.57. The standard InChI is InChI=1S/C19H16ClNO3/c1-3-24-14-7-4-12(5-8-14)18-15-10-13(20)6-9-16(15)21-19(23)17(18)11(2)22/h4-10,17H,3H2,1-2H3/t17-/m0/s1. The molecule has 1 atom stereocenters. The van der Waals surface area contributed by atoms with Crippen LogP contribution in [0, 0.1) is 5.92 Å².